The molecule has 2 heterocycles. The second kappa shape index (κ2) is 6.79. The molecule has 2 aromatic carbocycles. The first-order valence-corrected chi connectivity index (χ1v) is 11.5. The van der Waals surface area contributed by atoms with Crippen LogP contribution in [0.25, 0.3) is 10.8 Å². The van der Waals surface area contributed by atoms with Crippen LogP contribution in [0.1, 0.15) is 17.2 Å². The lowest BCUT2D eigenvalue weighted by Crippen LogP contribution is -2.30. The minimum atomic E-state index is -3.67. The number of aromatic nitrogens is 1. The number of nitrogens with zero attached hydrogens (tertiary/aromatic N) is 1. The van der Waals surface area contributed by atoms with Gasteiger partial charge in [-0.25, -0.2) is 13.2 Å². The highest BCUT2D eigenvalue weighted by Crippen LogP contribution is 2.38. The van der Waals surface area contributed by atoms with Crippen LogP contribution >= 0.6 is 11.8 Å². The number of carbonyl (C=O) groups is 1. The van der Waals surface area contributed by atoms with Gasteiger partial charge in [-0.15, -0.1) is 11.8 Å². The minimum absolute atomic E-state index is 0.0498. The molecule has 1 aromatic heterocycles. The maximum absolute atomic E-state index is 12.7. The summed E-state index contributed by atoms with van der Waals surface area (Å²) in [4.78, 5) is 24.2. The number of sulfone groups is 1. The van der Waals surface area contributed by atoms with E-state index in [1.54, 1.807) is 0 Å². The molecule has 0 fully saturated rings. The Balaban J connectivity index is 1.94. The van der Waals surface area contributed by atoms with E-state index in [0.717, 1.165) is 38.9 Å². The number of fused-ring (bicyclic) bond motifs is 2. The summed E-state index contributed by atoms with van der Waals surface area (Å²) in [5, 5.41) is 11.6. The number of pyridine rings is 1. The van der Waals surface area contributed by atoms with Crippen molar-refractivity contribution in [3.05, 3.63) is 70.0 Å². The van der Waals surface area contributed by atoms with Gasteiger partial charge in [-0.1, -0.05) is 42.5 Å². The first-order chi connectivity index (χ1) is 13.3. The van der Waals surface area contributed by atoms with Gasteiger partial charge in [0.25, 0.3) is 5.56 Å². The molecule has 144 valence electrons. The fourth-order valence-corrected chi connectivity index (χ4v) is 6.53. The van der Waals surface area contributed by atoms with Crippen LogP contribution in [0.15, 0.2) is 63.2 Å². The van der Waals surface area contributed by atoms with E-state index >= 15 is 0 Å². The Bertz CT molecular complexity index is 1270. The zero-order chi connectivity index (χ0) is 20.1. The van der Waals surface area contributed by atoms with Gasteiger partial charge in [0.05, 0.1) is 5.03 Å². The second-order valence-corrected chi connectivity index (χ2v) is 9.73. The molecule has 0 spiro atoms. The number of carboxylic acids is 1. The third-order valence-corrected chi connectivity index (χ3v) is 7.33. The van der Waals surface area contributed by atoms with Gasteiger partial charge in [0, 0.05) is 18.1 Å². The quantitative estimate of drug-likeness (QED) is 0.704. The van der Waals surface area contributed by atoms with Gasteiger partial charge in [0.1, 0.15) is 10.9 Å². The first kappa shape index (κ1) is 18.8. The molecule has 1 atom stereocenters. The lowest BCUT2D eigenvalue weighted by Gasteiger charge is -2.16. The zero-order valence-electron chi connectivity index (χ0n) is 15.0. The highest BCUT2D eigenvalue weighted by molar-refractivity contribution is 8.00. The van der Waals surface area contributed by atoms with Gasteiger partial charge in [0.2, 0.25) is 0 Å². The number of rotatable bonds is 4. The zero-order valence-corrected chi connectivity index (χ0v) is 16.6. The van der Waals surface area contributed by atoms with E-state index in [9.17, 15) is 23.1 Å². The van der Waals surface area contributed by atoms with Crippen LogP contribution in [0.5, 0.6) is 0 Å². The van der Waals surface area contributed by atoms with Crippen molar-refractivity contribution in [3.63, 3.8) is 0 Å². The maximum Gasteiger partial charge on any atom is 0.327 e. The summed E-state index contributed by atoms with van der Waals surface area (Å²) < 4.78 is 26.3. The van der Waals surface area contributed by atoms with Crippen molar-refractivity contribution in [2.75, 3.05) is 12.0 Å². The van der Waals surface area contributed by atoms with Crippen LogP contribution in [-0.2, 0) is 21.1 Å². The maximum atomic E-state index is 12.7. The van der Waals surface area contributed by atoms with Gasteiger partial charge in [-0.2, -0.15) is 0 Å². The average Bonchev–Trinajstić information content (AvgIpc) is 3.06. The molecular formula is C20H17NO5S2. The molecule has 0 saturated heterocycles. The Morgan fingerprint density at radius 2 is 1.89 bits per heavy atom. The molecule has 0 amide bonds. The lowest BCUT2D eigenvalue weighted by molar-refractivity contribution is -0.140. The van der Waals surface area contributed by atoms with E-state index < -0.39 is 27.4 Å². The number of benzene rings is 2. The number of hydrogen-bond acceptors (Lipinski definition) is 5. The van der Waals surface area contributed by atoms with E-state index in [1.165, 1.54) is 6.07 Å². The summed E-state index contributed by atoms with van der Waals surface area (Å²) in [7, 11) is -3.67. The molecule has 4 rings (SSSR count). The summed E-state index contributed by atoms with van der Waals surface area (Å²) in [6.45, 7) is 0. The van der Waals surface area contributed by atoms with Crippen molar-refractivity contribution in [2.24, 2.45) is 0 Å². The fraction of sp³-hybridized carbons (Fsp3) is 0.200. The van der Waals surface area contributed by atoms with Crippen molar-refractivity contribution in [3.8, 4) is 0 Å². The summed E-state index contributed by atoms with van der Waals surface area (Å²) in [5.41, 5.74) is 0.814. The number of hydrogen-bond donors (Lipinski definition) is 1. The Kier molecular flexibility index (Phi) is 4.55. The van der Waals surface area contributed by atoms with E-state index in [2.05, 4.69) is 0 Å². The lowest BCUT2D eigenvalue weighted by atomic mass is 9.99. The van der Waals surface area contributed by atoms with Gasteiger partial charge >= 0.3 is 5.97 Å². The standard InChI is InChI=1S/C20H17NO5S2/c1-28(25,26)18-14(9-13-7-4-6-12-5-2-3-8-15(12)13)10-17(22)21-16(20(23)24)11-27-19(18)21/h2-8,10,16H,9,11H2,1H3,(H,23,24). The SMILES string of the molecule is CS(=O)(=O)c1c(Cc2cccc3ccccc23)cc(=O)n2c1SCC2C(=O)O. The highest BCUT2D eigenvalue weighted by atomic mass is 32.2. The minimum Gasteiger partial charge on any atom is -0.480 e. The molecule has 0 aliphatic carbocycles. The molecule has 1 aliphatic rings. The fourth-order valence-electron chi connectivity index (χ4n) is 3.66. The van der Waals surface area contributed by atoms with Crippen LogP contribution in [0.4, 0.5) is 0 Å². The molecule has 28 heavy (non-hydrogen) atoms. The Morgan fingerprint density at radius 1 is 1.18 bits per heavy atom. The molecular weight excluding hydrogens is 398 g/mol. The monoisotopic (exact) mass is 415 g/mol. The van der Waals surface area contributed by atoms with Gasteiger partial charge in [-0.3, -0.25) is 9.36 Å². The van der Waals surface area contributed by atoms with Crippen molar-refractivity contribution in [2.45, 2.75) is 22.4 Å². The van der Waals surface area contributed by atoms with Crippen molar-refractivity contribution in [1.29, 1.82) is 0 Å². The summed E-state index contributed by atoms with van der Waals surface area (Å²) in [5.74, 6) is -1.01. The summed E-state index contributed by atoms with van der Waals surface area (Å²) in [6.07, 6.45) is 1.36. The summed E-state index contributed by atoms with van der Waals surface area (Å²) >= 11 is 1.10. The third-order valence-electron chi connectivity index (χ3n) is 4.85. The summed E-state index contributed by atoms with van der Waals surface area (Å²) in [6, 6.07) is 13.8. The first-order valence-electron chi connectivity index (χ1n) is 8.58. The highest BCUT2D eigenvalue weighted by Gasteiger charge is 2.35. The van der Waals surface area contributed by atoms with Crippen LogP contribution in [0.2, 0.25) is 0 Å². The molecule has 8 heteroatoms. The molecule has 0 saturated carbocycles. The average molecular weight is 415 g/mol. The normalized spacial score (nSPS) is 16.2. The van der Waals surface area contributed by atoms with Gasteiger partial charge in [0.15, 0.2) is 9.84 Å². The van der Waals surface area contributed by atoms with Crippen LogP contribution in [0.3, 0.4) is 0 Å². The van der Waals surface area contributed by atoms with Crippen molar-refractivity contribution < 1.29 is 18.3 Å². The molecule has 1 aliphatic heterocycles. The molecule has 0 radical (unpaired) electrons. The molecule has 0 bridgehead atoms. The van der Waals surface area contributed by atoms with E-state index in [4.69, 9.17) is 0 Å². The van der Waals surface area contributed by atoms with Gasteiger partial charge < -0.3 is 5.11 Å². The van der Waals surface area contributed by atoms with Gasteiger partial charge in [-0.05, 0) is 28.3 Å². The molecule has 1 N–H and O–H groups in total. The predicted octanol–water partition coefficient (Wildman–Crippen LogP) is 2.73. The smallest absolute Gasteiger partial charge is 0.327 e. The van der Waals surface area contributed by atoms with Crippen LogP contribution in [0, 0.1) is 0 Å². The number of thioether (sulfide) groups is 1. The molecule has 1 unspecified atom stereocenters. The number of carboxylic acid groups (broad SMARTS) is 1. The molecule has 6 nitrogen and oxygen atoms in total. The van der Waals surface area contributed by atoms with Crippen LogP contribution < -0.4 is 5.56 Å². The van der Waals surface area contributed by atoms with Crippen molar-refractivity contribution in [1.82, 2.24) is 4.57 Å². The Morgan fingerprint density at radius 3 is 2.61 bits per heavy atom. The largest absolute Gasteiger partial charge is 0.480 e. The molecule has 3 aromatic rings. The number of aliphatic carboxylic acids is 1. The Hall–Kier alpha value is -2.58. The Labute approximate surface area is 165 Å². The van der Waals surface area contributed by atoms with Crippen molar-refractivity contribution >= 4 is 38.3 Å². The van der Waals surface area contributed by atoms with E-state index in [0.29, 0.717) is 5.56 Å². The van der Waals surface area contributed by atoms with E-state index in [1.807, 2.05) is 42.5 Å². The van der Waals surface area contributed by atoms with E-state index in [-0.39, 0.29) is 22.1 Å². The third kappa shape index (κ3) is 3.12. The predicted molar refractivity (Wildman–Crippen MR) is 108 cm³/mol. The van der Waals surface area contributed by atoms with Crippen LogP contribution in [-0.4, -0.2) is 36.1 Å². The topological polar surface area (TPSA) is 93.4 Å². The second-order valence-electron chi connectivity index (χ2n) is 6.76.